The summed E-state index contributed by atoms with van der Waals surface area (Å²) >= 11 is 12.1. The lowest BCUT2D eigenvalue weighted by molar-refractivity contribution is -0.128. The Bertz CT molecular complexity index is 546. The molecule has 1 N–H and O–H groups in total. The van der Waals surface area contributed by atoms with Crippen LogP contribution >= 0.6 is 23.2 Å². The Kier molecular flexibility index (Phi) is 7.66. The van der Waals surface area contributed by atoms with Crippen LogP contribution in [0.4, 0.5) is 0 Å². The molecule has 1 aliphatic heterocycles. The van der Waals surface area contributed by atoms with Gasteiger partial charge >= 0.3 is 0 Å². The zero-order valence-electron chi connectivity index (χ0n) is 14.4. The molecule has 134 valence electrons. The van der Waals surface area contributed by atoms with E-state index in [0.29, 0.717) is 15.8 Å². The molecule has 1 aromatic rings. The molecule has 1 heterocycles. The normalized spacial score (nSPS) is 17.5. The Morgan fingerprint density at radius 2 is 2.08 bits per heavy atom. The zero-order valence-corrected chi connectivity index (χ0v) is 15.9. The van der Waals surface area contributed by atoms with Gasteiger partial charge in [0.15, 0.2) is 6.10 Å². The van der Waals surface area contributed by atoms with Gasteiger partial charge in [0.25, 0.3) is 5.91 Å². The number of piperidine rings is 1. The molecule has 1 aromatic carbocycles. The predicted molar refractivity (Wildman–Crippen MR) is 99.1 cm³/mol. The molecule has 4 nitrogen and oxygen atoms in total. The van der Waals surface area contributed by atoms with E-state index >= 15 is 0 Å². The lowest BCUT2D eigenvalue weighted by Gasteiger charge is -2.32. The fourth-order valence-electron chi connectivity index (χ4n) is 2.82. The summed E-state index contributed by atoms with van der Waals surface area (Å²) in [5, 5.41) is 3.84. The first-order valence-corrected chi connectivity index (χ1v) is 9.40. The number of carbonyl (C=O) groups is 1. The number of halogens is 2. The number of benzene rings is 1. The molecule has 0 aromatic heterocycles. The SMILES string of the molecule is CCCCN1CCC(NC(=O)[C@@H](C)Oc2cccc(Cl)c2Cl)CC1. The van der Waals surface area contributed by atoms with Crippen LogP contribution < -0.4 is 10.1 Å². The molecule has 0 bridgehead atoms. The molecule has 6 heteroatoms. The largest absolute Gasteiger partial charge is 0.479 e. The average Bonchev–Trinajstić information content (AvgIpc) is 2.58. The first-order valence-electron chi connectivity index (χ1n) is 8.64. The van der Waals surface area contributed by atoms with Crippen molar-refractivity contribution in [3.05, 3.63) is 28.2 Å². The van der Waals surface area contributed by atoms with E-state index in [2.05, 4.69) is 17.1 Å². The van der Waals surface area contributed by atoms with Gasteiger partial charge in [-0.05, 0) is 44.9 Å². The quantitative estimate of drug-likeness (QED) is 0.781. The number of ether oxygens (including phenoxy) is 1. The number of amides is 1. The number of hydrogen-bond donors (Lipinski definition) is 1. The van der Waals surface area contributed by atoms with Gasteiger partial charge in [0, 0.05) is 19.1 Å². The van der Waals surface area contributed by atoms with Crippen LogP contribution in [0.15, 0.2) is 18.2 Å². The van der Waals surface area contributed by atoms with E-state index < -0.39 is 6.10 Å². The van der Waals surface area contributed by atoms with E-state index in [4.69, 9.17) is 27.9 Å². The van der Waals surface area contributed by atoms with Crippen molar-refractivity contribution in [2.24, 2.45) is 0 Å². The van der Waals surface area contributed by atoms with Crippen LogP contribution in [0.25, 0.3) is 0 Å². The van der Waals surface area contributed by atoms with E-state index in [1.54, 1.807) is 25.1 Å². The van der Waals surface area contributed by atoms with Crippen molar-refractivity contribution >= 4 is 29.1 Å². The smallest absolute Gasteiger partial charge is 0.260 e. The highest BCUT2D eigenvalue weighted by molar-refractivity contribution is 6.42. The van der Waals surface area contributed by atoms with Gasteiger partial charge in [-0.1, -0.05) is 42.6 Å². The zero-order chi connectivity index (χ0) is 17.5. The van der Waals surface area contributed by atoms with Gasteiger partial charge in [-0.25, -0.2) is 0 Å². The Labute approximate surface area is 154 Å². The summed E-state index contributed by atoms with van der Waals surface area (Å²) in [4.78, 5) is 14.8. The molecule has 24 heavy (non-hydrogen) atoms. The summed E-state index contributed by atoms with van der Waals surface area (Å²) in [6.07, 6.45) is 3.82. The van der Waals surface area contributed by atoms with Crippen molar-refractivity contribution in [2.45, 2.75) is 51.7 Å². The van der Waals surface area contributed by atoms with Gasteiger partial charge in [-0.3, -0.25) is 4.79 Å². The Balaban J connectivity index is 1.79. The van der Waals surface area contributed by atoms with Crippen molar-refractivity contribution in [1.29, 1.82) is 0 Å². The van der Waals surface area contributed by atoms with E-state index in [1.165, 1.54) is 12.8 Å². The first kappa shape index (κ1) is 19.4. The van der Waals surface area contributed by atoms with Crippen molar-refractivity contribution in [3.63, 3.8) is 0 Å². The van der Waals surface area contributed by atoms with Crippen LogP contribution in [0.1, 0.15) is 39.5 Å². The van der Waals surface area contributed by atoms with Crippen molar-refractivity contribution in [3.8, 4) is 5.75 Å². The van der Waals surface area contributed by atoms with Gasteiger partial charge in [0.05, 0.1) is 5.02 Å². The molecule has 1 amide bonds. The summed E-state index contributed by atoms with van der Waals surface area (Å²) in [6, 6.07) is 5.37. The third kappa shape index (κ3) is 5.54. The Hall–Kier alpha value is -0.970. The van der Waals surface area contributed by atoms with E-state index in [1.807, 2.05) is 0 Å². The second-order valence-corrected chi connectivity index (χ2v) is 7.08. The molecule has 0 radical (unpaired) electrons. The average molecular weight is 373 g/mol. The highest BCUT2D eigenvalue weighted by Gasteiger charge is 2.23. The number of nitrogens with zero attached hydrogens (tertiary/aromatic N) is 1. The molecular weight excluding hydrogens is 347 g/mol. The van der Waals surface area contributed by atoms with E-state index in [-0.39, 0.29) is 11.9 Å². The molecule has 1 fully saturated rings. The minimum Gasteiger partial charge on any atom is -0.479 e. The van der Waals surface area contributed by atoms with E-state index in [9.17, 15) is 4.79 Å². The van der Waals surface area contributed by atoms with Crippen LogP contribution in [-0.4, -0.2) is 42.6 Å². The van der Waals surface area contributed by atoms with Crippen LogP contribution in [0.5, 0.6) is 5.75 Å². The van der Waals surface area contributed by atoms with Gasteiger partial charge in [-0.2, -0.15) is 0 Å². The maximum absolute atomic E-state index is 12.3. The number of nitrogens with one attached hydrogen (secondary N) is 1. The second-order valence-electron chi connectivity index (χ2n) is 6.29. The standard InChI is InChI=1S/C18H26Cl2N2O2/c1-3-4-10-22-11-8-14(9-12-22)21-18(23)13(2)24-16-7-5-6-15(19)17(16)20/h5-7,13-14H,3-4,8-12H2,1-2H3,(H,21,23)/t13-/m1/s1. The van der Waals surface area contributed by atoms with Gasteiger partial charge in [-0.15, -0.1) is 0 Å². The maximum Gasteiger partial charge on any atom is 0.260 e. The van der Waals surface area contributed by atoms with Crippen molar-refractivity contribution in [1.82, 2.24) is 10.2 Å². The molecule has 1 saturated heterocycles. The summed E-state index contributed by atoms with van der Waals surface area (Å²) < 4.78 is 5.66. The maximum atomic E-state index is 12.3. The van der Waals surface area contributed by atoms with Crippen molar-refractivity contribution in [2.75, 3.05) is 19.6 Å². The molecule has 1 aliphatic rings. The van der Waals surface area contributed by atoms with Gasteiger partial charge < -0.3 is 15.0 Å². The number of hydrogen-bond acceptors (Lipinski definition) is 3. The number of likely N-dealkylation sites (tertiary alicyclic amines) is 1. The summed E-state index contributed by atoms with van der Waals surface area (Å²) in [5.74, 6) is 0.319. The summed E-state index contributed by atoms with van der Waals surface area (Å²) in [6.45, 7) is 7.17. The van der Waals surface area contributed by atoms with Crippen LogP contribution in [0.2, 0.25) is 10.0 Å². The minimum atomic E-state index is -0.612. The third-order valence-electron chi connectivity index (χ3n) is 4.35. The third-order valence-corrected chi connectivity index (χ3v) is 5.15. The number of unbranched alkanes of at least 4 members (excludes halogenated alkanes) is 1. The highest BCUT2D eigenvalue weighted by atomic mass is 35.5. The van der Waals surface area contributed by atoms with Crippen LogP contribution in [0, 0.1) is 0 Å². The molecule has 0 unspecified atom stereocenters. The Morgan fingerprint density at radius 1 is 1.38 bits per heavy atom. The lowest BCUT2D eigenvalue weighted by Crippen LogP contribution is -2.48. The predicted octanol–water partition coefficient (Wildman–Crippen LogP) is 4.14. The topological polar surface area (TPSA) is 41.6 Å². The highest BCUT2D eigenvalue weighted by Crippen LogP contribution is 2.32. The van der Waals surface area contributed by atoms with Crippen LogP contribution in [-0.2, 0) is 4.79 Å². The molecular formula is C18H26Cl2N2O2. The molecule has 0 spiro atoms. The minimum absolute atomic E-state index is 0.113. The molecule has 0 saturated carbocycles. The van der Waals surface area contributed by atoms with Crippen LogP contribution in [0.3, 0.4) is 0 Å². The van der Waals surface area contributed by atoms with E-state index in [0.717, 1.165) is 32.5 Å². The number of carbonyl (C=O) groups excluding carboxylic acids is 1. The summed E-state index contributed by atoms with van der Waals surface area (Å²) in [5.41, 5.74) is 0. The first-order chi connectivity index (χ1) is 11.5. The fraction of sp³-hybridized carbons (Fsp3) is 0.611. The van der Waals surface area contributed by atoms with Crippen molar-refractivity contribution < 1.29 is 9.53 Å². The van der Waals surface area contributed by atoms with Gasteiger partial charge in [0.1, 0.15) is 10.8 Å². The summed E-state index contributed by atoms with van der Waals surface area (Å²) in [7, 11) is 0. The second kappa shape index (κ2) is 9.50. The lowest BCUT2D eigenvalue weighted by atomic mass is 10.0. The fourth-order valence-corrected chi connectivity index (χ4v) is 3.16. The Morgan fingerprint density at radius 3 is 2.75 bits per heavy atom. The molecule has 2 rings (SSSR count). The number of rotatable bonds is 7. The molecule has 1 atom stereocenters. The monoisotopic (exact) mass is 372 g/mol. The molecule has 0 aliphatic carbocycles. The van der Waals surface area contributed by atoms with Gasteiger partial charge in [0.2, 0.25) is 0 Å².